The second-order valence-electron chi connectivity index (χ2n) is 4.19. The van der Waals surface area contributed by atoms with Gasteiger partial charge in [0.2, 0.25) is 0 Å². The molecule has 0 saturated carbocycles. The van der Waals surface area contributed by atoms with Crippen LogP contribution in [0.3, 0.4) is 0 Å². The summed E-state index contributed by atoms with van der Waals surface area (Å²) in [5.41, 5.74) is 1.77. The maximum Gasteiger partial charge on any atom is 0.263 e. The van der Waals surface area contributed by atoms with Crippen molar-refractivity contribution >= 4 is 40.1 Å². The topological polar surface area (TPSA) is 47.8 Å². The molecule has 3 rings (SSSR count). The summed E-state index contributed by atoms with van der Waals surface area (Å²) in [6.07, 6.45) is 2.99. The van der Waals surface area contributed by atoms with E-state index < -0.39 is 0 Å². The first-order valence-electron chi connectivity index (χ1n) is 5.88. The molecule has 0 radical (unpaired) electrons. The molecule has 0 saturated heterocycles. The molecule has 0 aliphatic heterocycles. The van der Waals surface area contributed by atoms with Crippen LogP contribution >= 0.6 is 23.2 Å². The number of alkyl halides is 1. The molecule has 0 aliphatic carbocycles. The highest BCUT2D eigenvalue weighted by Crippen LogP contribution is 2.27. The van der Waals surface area contributed by atoms with Crippen molar-refractivity contribution < 1.29 is 4.79 Å². The van der Waals surface area contributed by atoms with E-state index in [1.807, 2.05) is 18.2 Å². The standard InChI is InChI=1S/C14H9Cl2N3O/c15-6-10-7-19(13-11(10)12(16)17-8-18-13)14(20)9-4-2-1-3-5-9/h1-5,7-8H,6H2. The molecule has 4 nitrogen and oxygen atoms in total. The Bertz CT molecular complexity index is 784. The Kier molecular flexibility index (Phi) is 3.42. The van der Waals surface area contributed by atoms with Gasteiger partial charge in [0, 0.05) is 17.6 Å². The molecular formula is C14H9Cl2N3O. The fourth-order valence-electron chi connectivity index (χ4n) is 2.07. The van der Waals surface area contributed by atoms with Crippen LogP contribution in [-0.4, -0.2) is 20.4 Å². The Morgan fingerprint density at radius 2 is 1.95 bits per heavy atom. The first kappa shape index (κ1) is 13.1. The van der Waals surface area contributed by atoms with Crippen LogP contribution in [0.1, 0.15) is 15.9 Å². The van der Waals surface area contributed by atoms with Crippen LogP contribution in [0, 0.1) is 0 Å². The molecular weight excluding hydrogens is 297 g/mol. The minimum atomic E-state index is -0.179. The molecule has 0 amide bonds. The molecule has 0 unspecified atom stereocenters. The molecule has 3 aromatic rings. The lowest BCUT2D eigenvalue weighted by atomic mass is 10.2. The van der Waals surface area contributed by atoms with Crippen LogP contribution in [0.4, 0.5) is 0 Å². The predicted octanol–water partition coefficient (Wildman–Crippen LogP) is 3.51. The number of rotatable bonds is 2. The summed E-state index contributed by atoms with van der Waals surface area (Å²) < 4.78 is 1.45. The van der Waals surface area contributed by atoms with Crippen molar-refractivity contribution in [2.75, 3.05) is 0 Å². The molecule has 0 atom stereocenters. The van der Waals surface area contributed by atoms with E-state index >= 15 is 0 Å². The zero-order valence-electron chi connectivity index (χ0n) is 10.3. The Morgan fingerprint density at radius 3 is 2.65 bits per heavy atom. The zero-order valence-corrected chi connectivity index (χ0v) is 11.8. The summed E-state index contributed by atoms with van der Waals surface area (Å²) in [7, 11) is 0. The number of hydrogen-bond donors (Lipinski definition) is 0. The number of fused-ring (bicyclic) bond motifs is 1. The molecule has 0 fully saturated rings. The van der Waals surface area contributed by atoms with Crippen LogP contribution < -0.4 is 0 Å². The fraction of sp³-hybridized carbons (Fsp3) is 0.0714. The third-order valence-electron chi connectivity index (χ3n) is 3.00. The maximum absolute atomic E-state index is 12.5. The molecule has 0 spiro atoms. The second-order valence-corrected chi connectivity index (χ2v) is 4.82. The summed E-state index contributed by atoms with van der Waals surface area (Å²) in [5, 5.41) is 0.915. The minimum absolute atomic E-state index is 0.179. The summed E-state index contributed by atoms with van der Waals surface area (Å²) in [6.45, 7) is 0. The van der Waals surface area contributed by atoms with Gasteiger partial charge in [-0.25, -0.2) is 9.97 Å². The van der Waals surface area contributed by atoms with Gasteiger partial charge in [-0.1, -0.05) is 29.8 Å². The van der Waals surface area contributed by atoms with Crippen LogP contribution in [0.25, 0.3) is 11.0 Å². The molecule has 20 heavy (non-hydrogen) atoms. The van der Waals surface area contributed by atoms with E-state index in [1.165, 1.54) is 10.9 Å². The maximum atomic E-state index is 12.5. The average Bonchev–Trinajstić information content (AvgIpc) is 2.87. The first-order valence-corrected chi connectivity index (χ1v) is 6.79. The van der Waals surface area contributed by atoms with Crippen molar-refractivity contribution in [1.82, 2.24) is 14.5 Å². The highest BCUT2D eigenvalue weighted by Gasteiger charge is 2.18. The van der Waals surface area contributed by atoms with Gasteiger partial charge in [-0.2, -0.15) is 0 Å². The Morgan fingerprint density at radius 1 is 1.20 bits per heavy atom. The number of carbonyl (C=O) groups excluding carboxylic acids is 1. The van der Waals surface area contributed by atoms with E-state index in [-0.39, 0.29) is 11.8 Å². The number of benzene rings is 1. The first-order chi connectivity index (χ1) is 9.72. The monoisotopic (exact) mass is 305 g/mol. The van der Waals surface area contributed by atoms with E-state index in [9.17, 15) is 4.79 Å². The van der Waals surface area contributed by atoms with Crippen LogP contribution in [0.15, 0.2) is 42.9 Å². The van der Waals surface area contributed by atoms with Crippen molar-refractivity contribution in [1.29, 1.82) is 0 Å². The summed E-state index contributed by atoms with van der Waals surface area (Å²) >= 11 is 12.0. The van der Waals surface area contributed by atoms with E-state index in [0.717, 1.165) is 5.56 Å². The van der Waals surface area contributed by atoms with Gasteiger partial charge >= 0.3 is 0 Å². The van der Waals surface area contributed by atoms with Gasteiger partial charge in [0.05, 0.1) is 5.39 Å². The van der Waals surface area contributed by atoms with Crippen molar-refractivity contribution in [3.63, 3.8) is 0 Å². The number of halogens is 2. The lowest BCUT2D eigenvalue weighted by Gasteiger charge is -2.03. The highest BCUT2D eigenvalue weighted by molar-refractivity contribution is 6.34. The van der Waals surface area contributed by atoms with Crippen molar-refractivity contribution in [3.05, 3.63) is 59.1 Å². The smallest absolute Gasteiger partial charge is 0.263 e. The van der Waals surface area contributed by atoms with Crippen molar-refractivity contribution in [2.45, 2.75) is 5.88 Å². The van der Waals surface area contributed by atoms with Gasteiger partial charge < -0.3 is 0 Å². The zero-order chi connectivity index (χ0) is 14.1. The minimum Gasteiger partial charge on any atom is -0.268 e. The lowest BCUT2D eigenvalue weighted by molar-refractivity contribution is 0.0964. The molecule has 2 heterocycles. The highest BCUT2D eigenvalue weighted by atomic mass is 35.5. The van der Waals surface area contributed by atoms with Crippen LogP contribution in [0.2, 0.25) is 5.15 Å². The molecule has 0 bridgehead atoms. The van der Waals surface area contributed by atoms with Gasteiger partial charge in [-0.15, -0.1) is 11.6 Å². The summed E-state index contributed by atoms with van der Waals surface area (Å²) in [4.78, 5) is 20.6. The van der Waals surface area contributed by atoms with E-state index in [0.29, 0.717) is 21.7 Å². The van der Waals surface area contributed by atoms with Crippen LogP contribution in [0.5, 0.6) is 0 Å². The fourth-order valence-corrected chi connectivity index (χ4v) is 2.52. The second kappa shape index (κ2) is 5.23. The van der Waals surface area contributed by atoms with Crippen molar-refractivity contribution in [3.8, 4) is 0 Å². The average molecular weight is 306 g/mol. The van der Waals surface area contributed by atoms with Gasteiger partial charge in [0.15, 0.2) is 5.65 Å². The Balaban J connectivity index is 2.23. The predicted molar refractivity (Wildman–Crippen MR) is 78.3 cm³/mol. The van der Waals surface area contributed by atoms with Crippen molar-refractivity contribution in [2.24, 2.45) is 0 Å². The Hall–Kier alpha value is -1.91. The van der Waals surface area contributed by atoms with Gasteiger partial charge in [0.1, 0.15) is 11.5 Å². The quantitative estimate of drug-likeness (QED) is 0.537. The van der Waals surface area contributed by atoms with Gasteiger partial charge in [0.25, 0.3) is 5.91 Å². The number of hydrogen-bond acceptors (Lipinski definition) is 3. The number of aromatic nitrogens is 3. The van der Waals surface area contributed by atoms with Crippen LogP contribution in [-0.2, 0) is 5.88 Å². The third kappa shape index (κ3) is 2.07. The van der Waals surface area contributed by atoms with E-state index in [1.54, 1.807) is 18.3 Å². The Labute approximate surface area is 125 Å². The number of nitrogens with zero attached hydrogens (tertiary/aromatic N) is 3. The molecule has 1 aromatic carbocycles. The molecule has 0 N–H and O–H groups in total. The SMILES string of the molecule is O=C(c1ccccc1)n1cc(CCl)c2c(Cl)ncnc21. The largest absolute Gasteiger partial charge is 0.268 e. The molecule has 6 heteroatoms. The summed E-state index contributed by atoms with van der Waals surface area (Å²) in [6, 6.07) is 8.97. The van der Waals surface area contributed by atoms with Gasteiger partial charge in [-0.3, -0.25) is 9.36 Å². The van der Waals surface area contributed by atoms with E-state index in [2.05, 4.69) is 9.97 Å². The normalized spacial score (nSPS) is 10.9. The summed E-state index contributed by atoms with van der Waals surface area (Å²) in [5.74, 6) is 0.0558. The van der Waals surface area contributed by atoms with Gasteiger partial charge in [-0.05, 0) is 17.7 Å². The van der Waals surface area contributed by atoms with E-state index in [4.69, 9.17) is 23.2 Å². The molecule has 2 aromatic heterocycles. The molecule has 100 valence electrons. The third-order valence-corrected chi connectivity index (χ3v) is 3.57. The number of carbonyl (C=O) groups is 1. The lowest BCUT2D eigenvalue weighted by Crippen LogP contribution is -2.11. The molecule has 0 aliphatic rings.